The van der Waals surface area contributed by atoms with Crippen molar-refractivity contribution in [2.24, 2.45) is 17.8 Å². The summed E-state index contributed by atoms with van der Waals surface area (Å²) in [5.41, 5.74) is 0. The highest BCUT2D eigenvalue weighted by molar-refractivity contribution is 5.25. The Kier molecular flexibility index (Phi) is 0.867. The molecule has 0 N–H and O–H groups in total. The third kappa shape index (κ3) is 0.550. The summed E-state index contributed by atoms with van der Waals surface area (Å²) in [6.45, 7) is 0. The molecule has 0 aromatic rings. The molecule has 0 radical (unpaired) electrons. The molecule has 2 bridgehead atoms. The van der Waals surface area contributed by atoms with Gasteiger partial charge in [-0.05, 0) is 0 Å². The van der Waals surface area contributed by atoms with E-state index >= 15 is 0 Å². The van der Waals surface area contributed by atoms with Gasteiger partial charge in [-0.3, -0.25) is 0 Å². The zero-order valence-electron chi connectivity index (χ0n) is 5.81. The van der Waals surface area contributed by atoms with E-state index in [0.29, 0.717) is 11.8 Å². The minimum Gasteiger partial charge on any atom is -0.228 e. The largest absolute Gasteiger partial charge is 0.228 e. The van der Waals surface area contributed by atoms with Gasteiger partial charge in [-0.15, -0.1) is 0 Å². The summed E-state index contributed by atoms with van der Waals surface area (Å²) in [5, 5.41) is 8.71. The predicted octanol–water partition coefficient (Wildman–Crippen LogP) is 0.641. The Morgan fingerprint density at radius 1 is 1.09 bits per heavy atom. The highest BCUT2D eigenvalue weighted by Crippen LogP contribution is 2.57. The normalized spacial score (nSPS) is 56.8. The molecule has 5 atom stereocenters. The smallest absolute Gasteiger partial charge is 0.116 e. The lowest BCUT2D eigenvalue weighted by molar-refractivity contribution is -0.364. The second-order valence-corrected chi connectivity index (χ2v) is 3.32. The molecule has 3 unspecified atom stereocenters. The van der Waals surface area contributed by atoms with Crippen LogP contribution in [0.5, 0.6) is 0 Å². The van der Waals surface area contributed by atoms with Gasteiger partial charge in [-0.25, -0.2) is 9.78 Å². The Bertz CT molecular complexity index is 248. The maximum Gasteiger partial charge on any atom is 0.116 e. The first kappa shape index (κ1) is 5.76. The number of fused-ring (bicyclic) bond motifs is 1. The van der Waals surface area contributed by atoms with Crippen LogP contribution in [0, 0.1) is 29.1 Å². The van der Waals surface area contributed by atoms with Crippen LogP contribution in [-0.4, -0.2) is 12.2 Å². The van der Waals surface area contributed by atoms with E-state index in [2.05, 4.69) is 6.07 Å². The molecule has 2 fully saturated rings. The van der Waals surface area contributed by atoms with Crippen molar-refractivity contribution in [3.05, 3.63) is 12.2 Å². The SMILES string of the molecule is N#CC1[C@H]2C3C=CC(OO3)[C@@H]12. The van der Waals surface area contributed by atoms with E-state index in [-0.39, 0.29) is 18.1 Å². The molecule has 4 rings (SSSR count). The summed E-state index contributed by atoms with van der Waals surface area (Å²) >= 11 is 0. The molecular formula is C8H7NO2. The van der Waals surface area contributed by atoms with Crippen molar-refractivity contribution in [3.63, 3.8) is 0 Å². The van der Waals surface area contributed by atoms with Crippen molar-refractivity contribution in [1.29, 1.82) is 5.26 Å². The van der Waals surface area contributed by atoms with E-state index in [4.69, 9.17) is 15.0 Å². The van der Waals surface area contributed by atoms with Gasteiger partial charge < -0.3 is 0 Å². The maximum atomic E-state index is 8.71. The molecule has 56 valence electrons. The molecule has 3 heteroatoms. The topological polar surface area (TPSA) is 42.2 Å². The van der Waals surface area contributed by atoms with Crippen LogP contribution in [0.2, 0.25) is 0 Å². The van der Waals surface area contributed by atoms with Gasteiger partial charge in [0.15, 0.2) is 0 Å². The summed E-state index contributed by atoms with van der Waals surface area (Å²) in [7, 11) is 0. The molecule has 2 aliphatic heterocycles. The fourth-order valence-corrected chi connectivity index (χ4v) is 2.17. The van der Waals surface area contributed by atoms with Crippen molar-refractivity contribution in [3.8, 4) is 6.07 Å². The van der Waals surface area contributed by atoms with Crippen LogP contribution < -0.4 is 0 Å². The van der Waals surface area contributed by atoms with Crippen LogP contribution in [0.3, 0.4) is 0 Å². The number of hydrogen-bond donors (Lipinski definition) is 0. The Balaban J connectivity index is 1.97. The number of hydrogen-bond acceptors (Lipinski definition) is 3. The van der Waals surface area contributed by atoms with Crippen LogP contribution in [0.25, 0.3) is 0 Å². The molecule has 0 aromatic carbocycles. The summed E-state index contributed by atoms with van der Waals surface area (Å²) in [6, 6.07) is 2.28. The second-order valence-electron chi connectivity index (χ2n) is 3.32. The summed E-state index contributed by atoms with van der Waals surface area (Å²) in [6.07, 6.45) is 4.11. The predicted molar refractivity (Wildman–Crippen MR) is 35.0 cm³/mol. The highest BCUT2D eigenvalue weighted by atomic mass is 17.2. The molecule has 0 spiro atoms. The molecule has 4 aliphatic rings. The van der Waals surface area contributed by atoms with Gasteiger partial charge in [0.2, 0.25) is 0 Å². The van der Waals surface area contributed by atoms with Gasteiger partial charge in [0.1, 0.15) is 12.2 Å². The molecule has 0 aromatic heterocycles. The zero-order valence-corrected chi connectivity index (χ0v) is 5.81. The quantitative estimate of drug-likeness (QED) is 0.375. The van der Waals surface area contributed by atoms with E-state index in [1.165, 1.54) is 0 Å². The Morgan fingerprint density at radius 3 is 2.00 bits per heavy atom. The average molecular weight is 149 g/mol. The second kappa shape index (κ2) is 1.66. The molecule has 2 heterocycles. The molecule has 1 saturated carbocycles. The Labute approximate surface area is 64.1 Å². The lowest BCUT2D eigenvalue weighted by atomic mass is 10.0. The van der Waals surface area contributed by atoms with E-state index in [1.807, 2.05) is 12.2 Å². The highest BCUT2D eigenvalue weighted by Gasteiger charge is 2.63. The zero-order chi connectivity index (χ0) is 7.42. The van der Waals surface area contributed by atoms with E-state index in [1.54, 1.807) is 0 Å². The third-order valence-corrected chi connectivity index (χ3v) is 2.81. The fourth-order valence-electron chi connectivity index (χ4n) is 2.17. The Hall–Kier alpha value is -0.850. The van der Waals surface area contributed by atoms with Crippen molar-refractivity contribution >= 4 is 0 Å². The van der Waals surface area contributed by atoms with Crippen LogP contribution in [0.4, 0.5) is 0 Å². The molecule has 3 nitrogen and oxygen atoms in total. The maximum absolute atomic E-state index is 8.71. The lowest BCUT2D eigenvalue weighted by Crippen LogP contribution is -2.32. The van der Waals surface area contributed by atoms with E-state index in [0.717, 1.165) is 0 Å². The third-order valence-electron chi connectivity index (χ3n) is 2.81. The van der Waals surface area contributed by atoms with Crippen LogP contribution >= 0.6 is 0 Å². The molecule has 2 aliphatic carbocycles. The minimum atomic E-state index is 0.0506. The van der Waals surface area contributed by atoms with Crippen molar-refractivity contribution in [2.45, 2.75) is 12.2 Å². The number of nitriles is 1. The lowest BCUT2D eigenvalue weighted by Gasteiger charge is -2.27. The first-order valence-electron chi connectivity index (χ1n) is 3.82. The fraction of sp³-hybridized carbons (Fsp3) is 0.625. The van der Waals surface area contributed by atoms with Crippen LogP contribution in [-0.2, 0) is 9.78 Å². The first-order chi connectivity index (χ1) is 5.42. The van der Waals surface area contributed by atoms with Gasteiger partial charge in [0, 0.05) is 11.8 Å². The van der Waals surface area contributed by atoms with Gasteiger partial charge in [0.05, 0.1) is 12.0 Å². The van der Waals surface area contributed by atoms with Gasteiger partial charge >= 0.3 is 0 Å². The number of nitrogens with zero attached hydrogens (tertiary/aromatic N) is 1. The summed E-state index contributed by atoms with van der Waals surface area (Å²) < 4.78 is 0. The van der Waals surface area contributed by atoms with Gasteiger partial charge in [0.25, 0.3) is 0 Å². The monoisotopic (exact) mass is 149 g/mol. The molecule has 0 amide bonds. The minimum absolute atomic E-state index is 0.0506. The van der Waals surface area contributed by atoms with Crippen molar-refractivity contribution in [2.75, 3.05) is 0 Å². The van der Waals surface area contributed by atoms with E-state index < -0.39 is 0 Å². The van der Waals surface area contributed by atoms with Crippen molar-refractivity contribution < 1.29 is 9.78 Å². The van der Waals surface area contributed by atoms with Gasteiger partial charge in [-0.1, -0.05) is 12.2 Å². The van der Waals surface area contributed by atoms with Crippen molar-refractivity contribution in [1.82, 2.24) is 0 Å². The summed E-state index contributed by atoms with van der Waals surface area (Å²) in [5.74, 6) is 1.01. The summed E-state index contributed by atoms with van der Waals surface area (Å²) in [4.78, 5) is 10.0. The molecule has 1 saturated heterocycles. The average Bonchev–Trinajstić information content (AvgIpc) is 2.81. The van der Waals surface area contributed by atoms with Crippen LogP contribution in [0.1, 0.15) is 0 Å². The van der Waals surface area contributed by atoms with Gasteiger partial charge in [-0.2, -0.15) is 5.26 Å². The standard InChI is InChI=1S/C8H7NO2/c9-3-4-7-5-1-2-6(8(4)7)11-10-5/h1-2,4-8H/t4?,5?,6?,7-,8+. The Morgan fingerprint density at radius 2 is 1.64 bits per heavy atom. The number of rotatable bonds is 0. The molecule has 11 heavy (non-hydrogen) atoms. The molecular weight excluding hydrogens is 142 g/mol. The first-order valence-corrected chi connectivity index (χ1v) is 3.82. The van der Waals surface area contributed by atoms with E-state index in [9.17, 15) is 0 Å². The van der Waals surface area contributed by atoms with Crippen LogP contribution in [0.15, 0.2) is 12.2 Å².